The van der Waals surface area contributed by atoms with Crippen LogP contribution in [0.5, 0.6) is 5.75 Å². The van der Waals surface area contributed by atoms with Crippen LogP contribution in [0.4, 0.5) is 0 Å². The van der Waals surface area contributed by atoms with Gasteiger partial charge in [0.1, 0.15) is 11.3 Å². The van der Waals surface area contributed by atoms with E-state index >= 15 is 0 Å². The lowest BCUT2D eigenvalue weighted by Crippen LogP contribution is -2.17. The molecule has 1 aromatic rings. The number of rotatable bonds is 4. The van der Waals surface area contributed by atoms with Gasteiger partial charge in [0.2, 0.25) is 0 Å². The summed E-state index contributed by atoms with van der Waals surface area (Å²) >= 11 is 0. The Morgan fingerprint density at radius 1 is 1.24 bits per heavy atom. The van der Waals surface area contributed by atoms with Crippen LogP contribution >= 0.6 is 0 Å². The van der Waals surface area contributed by atoms with E-state index in [1.54, 1.807) is 24.3 Å². The van der Waals surface area contributed by atoms with Crippen LogP contribution in [0.15, 0.2) is 24.3 Å². The van der Waals surface area contributed by atoms with E-state index in [1.807, 2.05) is 20.8 Å². The van der Waals surface area contributed by atoms with Crippen LogP contribution in [0.1, 0.15) is 31.1 Å². The summed E-state index contributed by atoms with van der Waals surface area (Å²) in [6.45, 7) is 6.31. The molecule has 0 unspecified atom stereocenters. The minimum atomic E-state index is -0.549. The zero-order chi connectivity index (χ0) is 12.9. The quantitative estimate of drug-likeness (QED) is 0.597. The van der Waals surface area contributed by atoms with Gasteiger partial charge in [-0.05, 0) is 17.5 Å². The largest absolute Gasteiger partial charge is 0.496 e. The number of ether oxygens (including phenoxy) is 1. The second kappa shape index (κ2) is 5.68. The van der Waals surface area contributed by atoms with Crippen LogP contribution in [0.2, 0.25) is 0 Å². The standard InChI is InChI=1S/C13H18O4/c1-13(2,3)9-16-17-12(14)10-7-5-6-8-11(10)15-4/h5-8H,9H2,1-4H3. The molecule has 1 rings (SSSR count). The molecule has 0 heterocycles. The molecular weight excluding hydrogens is 220 g/mol. The van der Waals surface area contributed by atoms with Gasteiger partial charge in [0.05, 0.1) is 13.7 Å². The average molecular weight is 238 g/mol. The molecule has 0 fully saturated rings. The van der Waals surface area contributed by atoms with Crippen LogP contribution in [-0.4, -0.2) is 19.7 Å². The molecule has 0 N–H and O–H groups in total. The molecule has 0 spiro atoms. The Bertz CT molecular complexity index is 379. The average Bonchev–Trinajstić information content (AvgIpc) is 2.27. The van der Waals surface area contributed by atoms with Gasteiger partial charge in [-0.2, -0.15) is 4.89 Å². The molecule has 0 aromatic heterocycles. The summed E-state index contributed by atoms with van der Waals surface area (Å²) < 4.78 is 5.06. The van der Waals surface area contributed by atoms with Crippen molar-refractivity contribution in [2.75, 3.05) is 13.7 Å². The van der Waals surface area contributed by atoms with Crippen molar-refractivity contribution in [3.05, 3.63) is 29.8 Å². The van der Waals surface area contributed by atoms with Crippen molar-refractivity contribution < 1.29 is 19.3 Å². The van der Waals surface area contributed by atoms with Crippen molar-refractivity contribution in [3.63, 3.8) is 0 Å². The van der Waals surface area contributed by atoms with Gasteiger partial charge >= 0.3 is 5.97 Å². The molecule has 0 bridgehead atoms. The highest BCUT2D eigenvalue weighted by molar-refractivity contribution is 5.92. The number of para-hydroxylation sites is 1. The minimum Gasteiger partial charge on any atom is -0.496 e. The molecule has 0 aliphatic carbocycles. The Hall–Kier alpha value is -1.55. The molecule has 4 nitrogen and oxygen atoms in total. The maximum absolute atomic E-state index is 11.7. The molecule has 0 aliphatic rings. The Kier molecular flexibility index (Phi) is 4.52. The first-order valence-electron chi connectivity index (χ1n) is 5.41. The summed E-state index contributed by atoms with van der Waals surface area (Å²) in [5, 5.41) is 0. The van der Waals surface area contributed by atoms with Crippen LogP contribution in [-0.2, 0) is 9.78 Å². The minimum absolute atomic E-state index is 0.0545. The van der Waals surface area contributed by atoms with Gasteiger partial charge in [-0.3, -0.25) is 4.89 Å². The molecule has 0 amide bonds. The summed E-state index contributed by atoms with van der Waals surface area (Å²) in [6.07, 6.45) is 0. The summed E-state index contributed by atoms with van der Waals surface area (Å²) in [5.74, 6) is -0.0800. The van der Waals surface area contributed by atoms with Gasteiger partial charge in [-0.15, -0.1) is 0 Å². The molecular formula is C13H18O4. The second-order valence-electron chi connectivity index (χ2n) is 4.89. The summed E-state index contributed by atoms with van der Waals surface area (Å²) in [5.41, 5.74) is 0.296. The van der Waals surface area contributed by atoms with E-state index in [4.69, 9.17) is 14.5 Å². The topological polar surface area (TPSA) is 44.8 Å². The number of carbonyl (C=O) groups excluding carboxylic acids is 1. The third kappa shape index (κ3) is 4.44. The van der Waals surface area contributed by atoms with E-state index < -0.39 is 5.97 Å². The van der Waals surface area contributed by atoms with Crippen LogP contribution in [0.3, 0.4) is 0 Å². The van der Waals surface area contributed by atoms with E-state index in [-0.39, 0.29) is 5.41 Å². The zero-order valence-electron chi connectivity index (χ0n) is 10.6. The molecule has 0 radical (unpaired) electrons. The van der Waals surface area contributed by atoms with Crippen molar-refractivity contribution >= 4 is 5.97 Å². The first-order chi connectivity index (χ1) is 7.94. The zero-order valence-corrected chi connectivity index (χ0v) is 10.6. The van der Waals surface area contributed by atoms with Gasteiger partial charge in [-0.1, -0.05) is 32.9 Å². The highest BCUT2D eigenvalue weighted by Crippen LogP contribution is 2.19. The Labute approximate surface area is 101 Å². The first-order valence-corrected chi connectivity index (χ1v) is 5.41. The van der Waals surface area contributed by atoms with E-state index in [2.05, 4.69) is 0 Å². The van der Waals surface area contributed by atoms with Gasteiger partial charge in [0.25, 0.3) is 0 Å². The Balaban J connectivity index is 2.58. The van der Waals surface area contributed by atoms with Crippen molar-refractivity contribution in [1.82, 2.24) is 0 Å². The fourth-order valence-corrected chi connectivity index (χ4v) is 1.12. The van der Waals surface area contributed by atoms with Gasteiger partial charge in [0, 0.05) is 0 Å². The molecule has 0 saturated carbocycles. The molecule has 94 valence electrons. The lowest BCUT2D eigenvalue weighted by molar-refractivity contribution is -0.255. The van der Waals surface area contributed by atoms with Crippen molar-refractivity contribution in [1.29, 1.82) is 0 Å². The number of carbonyl (C=O) groups is 1. The molecule has 4 heteroatoms. The van der Waals surface area contributed by atoms with Crippen molar-refractivity contribution in [3.8, 4) is 5.75 Å². The van der Waals surface area contributed by atoms with Gasteiger partial charge in [0.15, 0.2) is 0 Å². The maximum atomic E-state index is 11.7. The predicted molar refractivity (Wildman–Crippen MR) is 63.8 cm³/mol. The first kappa shape index (κ1) is 13.5. The highest BCUT2D eigenvalue weighted by atomic mass is 17.2. The van der Waals surface area contributed by atoms with Crippen LogP contribution < -0.4 is 4.74 Å². The summed E-state index contributed by atoms with van der Waals surface area (Å²) in [7, 11) is 1.50. The fourth-order valence-electron chi connectivity index (χ4n) is 1.12. The molecule has 1 aromatic carbocycles. The molecule has 0 aliphatic heterocycles. The van der Waals surface area contributed by atoms with Crippen molar-refractivity contribution in [2.24, 2.45) is 5.41 Å². The predicted octanol–water partition coefficient (Wildman–Crippen LogP) is 2.83. The summed E-state index contributed by atoms with van der Waals surface area (Å²) in [6, 6.07) is 6.84. The smallest absolute Gasteiger partial charge is 0.376 e. The fraction of sp³-hybridized carbons (Fsp3) is 0.462. The SMILES string of the molecule is COc1ccccc1C(=O)OOCC(C)(C)C. The highest BCUT2D eigenvalue weighted by Gasteiger charge is 2.16. The number of methoxy groups -OCH3 is 1. The Morgan fingerprint density at radius 3 is 2.47 bits per heavy atom. The second-order valence-corrected chi connectivity index (χ2v) is 4.89. The lowest BCUT2D eigenvalue weighted by atomic mass is 9.99. The van der Waals surface area contributed by atoms with Gasteiger partial charge in [-0.25, -0.2) is 4.79 Å². The number of hydrogen-bond donors (Lipinski definition) is 0. The lowest BCUT2D eigenvalue weighted by Gasteiger charge is -2.16. The van der Waals surface area contributed by atoms with Crippen LogP contribution in [0.25, 0.3) is 0 Å². The molecule has 17 heavy (non-hydrogen) atoms. The maximum Gasteiger partial charge on any atom is 0.376 e. The third-order valence-corrected chi connectivity index (χ3v) is 1.95. The molecule has 0 atom stereocenters. The number of benzene rings is 1. The van der Waals surface area contributed by atoms with Gasteiger partial charge < -0.3 is 4.74 Å². The van der Waals surface area contributed by atoms with E-state index in [0.717, 1.165) is 0 Å². The third-order valence-electron chi connectivity index (χ3n) is 1.95. The normalized spacial score (nSPS) is 11.1. The van der Waals surface area contributed by atoms with E-state index in [0.29, 0.717) is 17.9 Å². The van der Waals surface area contributed by atoms with E-state index in [1.165, 1.54) is 7.11 Å². The Morgan fingerprint density at radius 2 is 1.88 bits per heavy atom. The monoisotopic (exact) mass is 238 g/mol. The number of hydrogen-bond acceptors (Lipinski definition) is 4. The van der Waals surface area contributed by atoms with Crippen molar-refractivity contribution in [2.45, 2.75) is 20.8 Å². The van der Waals surface area contributed by atoms with E-state index in [9.17, 15) is 4.79 Å². The summed E-state index contributed by atoms with van der Waals surface area (Å²) in [4.78, 5) is 21.3. The van der Waals surface area contributed by atoms with Crippen LogP contribution in [0, 0.1) is 5.41 Å². The molecule has 0 saturated heterocycles.